The van der Waals surface area contributed by atoms with E-state index in [1.54, 1.807) is 36.8 Å². The Labute approximate surface area is 172 Å². The van der Waals surface area contributed by atoms with Crippen LogP contribution < -0.4 is 9.54 Å². The van der Waals surface area contributed by atoms with Crippen LogP contribution in [0, 0.1) is 5.82 Å². The lowest BCUT2D eigenvalue weighted by Crippen LogP contribution is -2.17. The van der Waals surface area contributed by atoms with Gasteiger partial charge in [-0.15, -0.1) is 11.3 Å². The van der Waals surface area contributed by atoms with E-state index in [1.165, 1.54) is 12.1 Å². The standard InChI is InChI=1S/C22H21FN4OS/c1-28-20-9-3-17(4-10-20)21-15-29-22(25-19-7-5-18(23)6-8-19)27(21)13-2-12-26-14-11-24-16-26/h3-11,14-16H,2,12-13H2,1H3. The second-order valence-corrected chi connectivity index (χ2v) is 7.36. The van der Waals surface area contributed by atoms with Crippen LogP contribution in [0.4, 0.5) is 10.1 Å². The highest BCUT2D eigenvalue weighted by molar-refractivity contribution is 7.07. The van der Waals surface area contributed by atoms with Crippen molar-refractivity contribution in [2.45, 2.75) is 19.5 Å². The summed E-state index contributed by atoms with van der Waals surface area (Å²) < 4.78 is 22.8. The molecule has 4 aromatic rings. The molecule has 0 saturated heterocycles. The van der Waals surface area contributed by atoms with Gasteiger partial charge in [-0.25, -0.2) is 14.4 Å². The summed E-state index contributed by atoms with van der Waals surface area (Å²) in [5, 5.41) is 2.11. The van der Waals surface area contributed by atoms with E-state index in [0.717, 1.165) is 47.0 Å². The second-order valence-electron chi connectivity index (χ2n) is 6.53. The molecule has 0 aliphatic heterocycles. The fourth-order valence-electron chi connectivity index (χ4n) is 3.08. The van der Waals surface area contributed by atoms with Crippen LogP contribution in [0.5, 0.6) is 5.75 Å². The average Bonchev–Trinajstić information content (AvgIpc) is 3.40. The first-order valence-electron chi connectivity index (χ1n) is 9.32. The molecule has 0 unspecified atom stereocenters. The highest BCUT2D eigenvalue weighted by atomic mass is 32.1. The third kappa shape index (κ3) is 4.63. The van der Waals surface area contributed by atoms with Gasteiger partial charge in [-0.2, -0.15) is 0 Å². The van der Waals surface area contributed by atoms with Gasteiger partial charge in [0.15, 0.2) is 4.80 Å². The Morgan fingerprint density at radius 3 is 2.55 bits per heavy atom. The molecule has 2 heterocycles. The number of imidazole rings is 1. The van der Waals surface area contributed by atoms with Crippen molar-refractivity contribution >= 4 is 17.0 Å². The fraction of sp³-hybridized carbons (Fsp3) is 0.182. The molecule has 0 saturated carbocycles. The molecule has 0 bridgehead atoms. The van der Waals surface area contributed by atoms with E-state index < -0.39 is 0 Å². The number of hydrogen-bond donors (Lipinski definition) is 0. The molecule has 0 aliphatic rings. The summed E-state index contributed by atoms with van der Waals surface area (Å²) in [5.74, 6) is 0.564. The molecule has 0 spiro atoms. The number of aromatic nitrogens is 3. The van der Waals surface area contributed by atoms with E-state index in [-0.39, 0.29) is 5.82 Å². The first kappa shape index (κ1) is 19.1. The minimum absolute atomic E-state index is 0.262. The molecular formula is C22H21FN4OS. The van der Waals surface area contributed by atoms with E-state index in [2.05, 4.69) is 31.6 Å². The number of benzene rings is 2. The summed E-state index contributed by atoms with van der Waals surface area (Å²) in [7, 11) is 1.66. The monoisotopic (exact) mass is 408 g/mol. The van der Waals surface area contributed by atoms with Gasteiger partial charge < -0.3 is 13.9 Å². The molecule has 4 rings (SSSR count). The maximum atomic E-state index is 13.2. The Bertz CT molecular complexity index is 1110. The van der Waals surface area contributed by atoms with Gasteiger partial charge >= 0.3 is 0 Å². The summed E-state index contributed by atoms with van der Waals surface area (Å²) in [6.45, 7) is 1.68. The molecular weight excluding hydrogens is 387 g/mol. The summed E-state index contributed by atoms with van der Waals surface area (Å²) in [6.07, 6.45) is 6.52. The van der Waals surface area contributed by atoms with Gasteiger partial charge in [0.1, 0.15) is 11.6 Å². The maximum absolute atomic E-state index is 13.2. The fourth-order valence-corrected chi connectivity index (χ4v) is 4.04. The zero-order valence-corrected chi connectivity index (χ0v) is 16.8. The van der Waals surface area contributed by atoms with Crippen molar-refractivity contribution in [1.82, 2.24) is 14.1 Å². The lowest BCUT2D eigenvalue weighted by Gasteiger charge is -2.10. The van der Waals surface area contributed by atoms with Gasteiger partial charge in [-0.05, 0) is 60.5 Å². The van der Waals surface area contributed by atoms with Crippen molar-refractivity contribution in [3.63, 3.8) is 0 Å². The van der Waals surface area contributed by atoms with Crippen molar-refractivity contribution < 1.29 is 9.13 Å². The number of nitrogens with zero attached hydrogens (tertiary/aromatic N) is 4. The van der Waals surface area contributed by atoms with E-state index in [9.17, 15) is 4.39 Å². The molecule has 29 heavy (non-hydrogen) atoms. The summed E-state index contributed by atoms with van der Waals surface area (Å²) in [4.78, 5) is 9.73. The highest BCUT2D eigenvalue weighted by Crippen LogP contribution is 2.24. The Hall–Kier alpha value is -3.19. The predicted molar refractivity (Wildman–Crippen MR) is 113 cm³/mol. The number of aryl methyl sites for hydroxylation is 1. The molecule has 0 aliphatic carbocycles. The first-order chi connectivity index (χ1) is 14.2. The van der Waals surface area contributed by atoms with Gasteiger partial charge in [0.05, 0.1) is 24.8 Å². The third-order valence-electron chi connectivity index (χ3n) is 4.59. The maximum Gasteiger partial charge on any atom is 0.190 e. The summed E-state index contributed by atoms with van der Waals surface area (Å²) in [6, 6.07) is 14.3. The van der Waals surface area contributed by atoms with Crippen LogP contribution in [0.25, 0.3) is 11.3 Å². The van der Waals surface area contributed by atoms with E-state index in [4.69, 9.17) is 9.73 Å². The lowest BCUT2D eigenvalue weighted by molar-refractivity contribution is 0.415. The number of methoxy groups -OCH3 is 1. The smallest absolute Gasteiger partial charge is 0.190 e. The van der Waals surface area contributed by atoms with Crippen LogP contribution in [0.2, 0.25) is 0 Å². The van der Waals surface area contributed by atoms with Crippen molar-refractivity contribution in [3.05, 3.63) is 83.3 Å². The number of hydrogen-bond acceptors (Lipinski definition) is 4. The van der Waals surface area contributed by atoms with E-state index in [1.807, 2.05) is 24.7 Å². The Balaban J connectivity index is 1.67. The Morgan fingerprint density at radius 1 is 1.07 bits per heavy atom. The molecule has 2 aromatic carbocycles. The largest absolute Gasteiger partial charge is 0.497 e. The van der Waals surface area contributed by atoms with Crippen LogP contribution in [0.3, 0.4) is 0 Å². The Morgan fingerprint density at radius 2 is 1.86 bits per heavy atom. The molecule has 0 fully saturated rings. The molecule has 0 amide bonds. The zero-order chi connectivity index (χ0) is 20.1. The van der Waals surface area contributed by atoms with Crippen LogP contribution in [0.15, 0.2) is 77.6 Å². The molecule has 2 aromatic heterocycles. The van der Waals surface area contributed by atoms with Crippen molar-refractivity contribution in [2.75, 3.05) is 7.11 Å². The topological polar surface area (TPSA) is 44.3 Å². The van der Waals surface area contributed by atoms with Crippen LogP contribution in [-0.2, 0) is 13.1 Å². The SMILES string of the molecule is COc1ccc(-c2csc(=Nc3ccc(F)cc3)n2CCCn2ccnc2)cc1. The van der Waals surface area contributed by atoms with Crippen LogP contribution in [0.1, 0.15) is 6.42 Å². The second kappa shape index (κ2) is 8.87. The minimum Gasteiger partial charge on any atom is -0.497 e. The summed E-state index contributed by atoms with van der Waals surface area (Å²) in [5.41, 5.74) is 2.94. The van der Waals surface area contributed by atoms with E-state index in [0.29, 0.717) is 0 Å². The van der Waals surface area contributed by atoms with Crippen molar-refractivity contribution in [1.29, 1.82) is 0 Å². The van der Waals surface area contributed by atoms with Gasteiger partial charge in [0.2, 0.25) is 0 Å². The van der Waals surface area contributed by atoms with E-state index >= 15 is 0 Å². The normalized spacial score (nSPS) is 11.7. The van der Waals surface area contributed by atoms with Crippen molar-refractivity contribution in [3.8, 4) is 17.0 Å². The van der Waals surface area contributed by atoms with Gasteiger partial charge in [0.25, 0.3) is 0 Å². The summed E-state index contributed by atoms with van der Waals surface area (Å²) >= 11 is 1.58. The highest BCUT2D eigenvalue weighted by Gasteiger charge is 2.09. The first-order valence-corrected chi connectivity index (χ1v) is 10.2. The van der Waals surface area contributed by atoms with Gasteiger partial charge in [0, 0.05) is 30.9 Å². The number of ether oxygens (including phenoxy) is 1. The average molecular weight is 409 g/mol. The minimum atomic E-state index is -0.262. The van der Waals surface area contributed by atoms with Crippen molar-refractivity contribution in [2.24, 2.45) is 4.99 Å². The number of thiazole rings is 1. The van der Waals surface area contributed by atoms with Crippen LogP contribution >= 0.6 is 11.3 Å². The number of rotatable bonds is 7. The molecule has 5 nitrogen and oxygen atoms in total. The lowest BCUT2D eigenvalue weighted by atomic mass is 10.1. The molecule has 7 heteroatoms. The quantitative estimate of drug-likeness (QED) is 0.437. The Kier molecular flexibility index (Phi) is 5.86. The third-order valence-corrected chi connectivity index (χ3v) is 5.46. The van der Waals surface area contributed by atoms with Crippen LogP contribution in [-0.4, -0.2) is 21.2 Å². The predicted octanol–water partition coefficient (Wildman–Crippen LogP) is 4.88. The van der Waals surface area contributed by atoms with Gasteiger partial charge in [-0.3, -0.25) is 0 Å². The molecule has 0 N–H and O–H groups in total. The molecule has 0 radical (unpaired) electrons. The molecule has 0 atom stereocenters. The number of halogens is 1. The molecule has 148 valence electrons. The zero-order valence-electron chi connectivity index (χ0n) is 16.0. The van der Waals surface area contributed by atoms with Gasteiger partial charge in [-0.1, -0.05) is 0 Å².